The molecule has 2 N–H and O–H groups in total. The van der Waals surface area contributed by atoms with Crippen LogP contribution in [0.3, 0.4) is 0 Å². The number of carboxylic acids is 1. The minimum absolute atomic E-state index is 0.0608. The molecular formula is C19H18F2N2O3. The number of nitrogens with zero attached hydrogens (tertiary/aromatic N) is 1. The van der Waals surface area contributed by atoms with E-state index in [1.807, 2.05) is 0 Å². The van der Waals surface area contributed by atoms with Crippen molar-refractivity contribution in [2.75, 3.05) is 6.54 Å². The summed E-state index contributed by atoms with van der Waals surface area (Å²) in [7, 11) is 0. The molecule has 0 fully saturated rings. The van der Waals surface area contributed by atoms with E-state index in [2.05, 4.69) is 10.3 Å². The maximum Gasteiger partial charge on any atom is 0.325 e. The second-order valence-electron chi connectivity index (χ2n) is 5.64. The number of amides is 1. The van der Waals surface area contributed by atoms with Crippen LogP contribution >= 0.6 is 0 Å². The molecule has 7 heteroatoms. The molecule has 0 saturated carbocycles. The van der Waals surface area contributed by atoms with E-state index in [0.717, 1.165) is 11.6 Å². The number of aliphatic carboxylic acids is 1. The fourth-order valence-electron chi connectivity index (χ4n) is 2.36. The monoisotopic (exact) mass is 360 g/mol. The average molecular weight is 360 g/mol. The quantitative estimate of drug-likeness (QED) is 0.614. The minimum Gasteiger partial charge on any atom is -0.480 e. The molecule has 0 heterocycles. The smallest absolute Gasteiger partial charge is 0.325 e. The van der Waals surface area contributed by atoms with E-state index < -0.39 is 30.1 Å². The first-order chi connectivity index (χ1) is 12.4. The Kier molecular flexibility index (Phi) is 6.54. The molecule has 0 aromatic heterocycles. The fraction of sp³-hybridized carbons (Fsp3) is 0.211. The number of rotatable bonds is 6. The van der Waals surface area contributed by atoms with Gasteiger partial charge in [0.25, 0.3) is 5.91 Å². The highest BCUT2D eigenvalue weighted by Crippen LogP contribution is 2.13. The van der Waals surface area contributed by atoms with Crippen LogP contribution in [-0.2, 0) is 11.2 Å². The highest BCUT2D eigenvalue weighted by molar-refractivity contribution is 6.07. The van der Waals surface area contributed by atoms with Crippen molar-refractivity contribution in [1.82, 2.24) is 5.32 Å². The third kappa shape index (κ3) is 5.20. The van der Waals surface area contributed by atoms with Crippen LogP contribution in [0.25, 0.3) is 0 Å². The molecule has 0 saturated heterocycles. The van der Waals surface area contributed by atoms with E-state index in [-0.39, 0.29) is 24.2 Å². The second kappa shape index (κ2) is 8.84. The molecule has 0 spiro atoms. The lowest BCUT2D eigenvalue weighted by Crippen LogP contribution is -2.32. The van der Waals surface area contributed by atoms with Gasteiger partial charge in [0, 0.05) is 12.0 Å². The van der Waals surface area contributed by atoms with Crippen LogP contribution in [0.15, 0.2) is 47.5 Å². The molecule has 2 rings (SSSR count). The second-order valence-corrected chi connectivity index (χ2v) is 5.64. The summed E-state index contributed by atoms with van der Waals surface area (Å²) in [5, 5.41) is 11.4. The summed E-state index contributed by atoms with van der Waals surface area (Å²) in [6.07, 6.45) is 0.126. The Morgan fingerprint density at radius 3 is 2.54 bits per heavy atom. The summed E-state index contributed by atoms with van der Waals surface area (Å²) in [5.74, 6) is -3.42. The number of benzene rings is 2. The third-order valence-corrected chi connectivity index (χ3v) is 3.72. The first kappa shape index (κ1) is 19.2. The van der Waals surface area contributed by atoms with Gasteiger partial charge in [0.15, 0.2) is 11.6 Å². The predicted octanol–water partition coefficient (Wildman–Crippen LogP) is 3.12. The van der Waals surface area contributed by atoms with Gasteiger partial charge in [-0.15, -0.1) is 0 Å². The van der Waals surface area contributed by atoms with Crippen LogP contribution in [0.1, 0.15) is 27.9 Å². The van der Waals surface area contributed by atoms with Gasteiger partial charge in [-0.25, -0.2) is 8.78 Å². The normalized spacial score (nSPS) is 11.3. The summed E-state index contributed by atoms with van der Waals surface area (Å²) >= 11 is 0. The topological polar surface area (TPSA) is 78.8 Å². The Morgan fingerprint density at radius 1 is 1.12 bits per heavy atom. The van der Waals surface area contributed by atoms with Crippen molar-refractivity contribution in [2.24, 2.45) is 4.99 Å². The minimum atomic E-state index is -1.16. The van der Waals surface area contributed by atoms with Gasteiger partial charge in [0.1, 0.15) is 12.4 Å². The van der Waals surface area contributed by atoms with Gasteiger partial charge in [0.05, 0.1) is 0 Å². The van der Waals surface area contributed by atoms with Crippen molar-refractivity contribution in [1.29, 1.82) is 0 Å². The van der Waals surface area contributed by atoms with E-state index >= 15 is 0 Å². The molecule has 2 aromatic rings. The van der Waals surface area contributed by atoms with Crippen molar-refractivity contribution in [3.63, 3.8) is 0 Å². The lowest BCUT2D eigenvalue weighted by Gasteiger charge is -2.11. The molecule has 0 aliphatic rings. The fourth-order valence-corrected chi connectivity index (χ4v) is 2.36. The summed E-state index contributed by atoms with van der Waals surface area (Å²) in [4.78, 5) is 27.0. The lowest BCUT2D eigenvalue weighted by atomic mass is 10.1. The van der Waals surface area contributed by atoms with Gasteiger partial charge in [-0.05, 0) is 36.6 Å². The molecular weight excluding hydrogens is 342 g/mol. The van der Waals surface area contributed by atoms with E-state index in [1.54, 1.807) is 31.2 Å². The van der Waals surface area contributed by atoms with Gasteiger partial charge in [-0.1, -0.05) is 30.3 Å². The zero-order valence-corrected chi connectivity index (χ0v) is 14.1. The first-order valence-corrected chi connectivity index (χ1v) is 7.93. The summed E-state index contributed by atoms with van der Waals surface area (Å²) in [6, 6.07) is 10.7. The summed E-state index contributed by atoms with van der Waals surface area (Å²) in [5.41, 5.74) is 1.30. The molecule has 5 nitrogen and oxygen atoms in total. The van der Waals surface area contributed by atoms with E-state index in [0.29, 0.717) is 5.56 Å². The predicted molar refractivity (Wildman–Crippen MR) is 93.3 cm³/mol. The van der Waals surface area contributed by atoms with E-state index in [9.17, 15) is 18.4 Å². The lowest BCUT2D eigenvalue weighted by molar-refractivity contribution is -0.135. The van der Waals surface area contributed by atoms with Crippen LogP contribution in [0, 0.1) is 18.6 Å². The number of amidine groups is 1. The zero-order valence-electron chi connectivity index (χ0n) is 14.1. The van der Waals surface area contributed by atoms with Crippen molar-refractivity contribution in [2.45, 2.75) is 19.8 Å². The molecule has 2 aromatic carbocycles. The first-order valence-electron chi connectivity index (χ1n) is 7.93. The number of nitrogens with one attached hydrogen (secondary N) is 1. The number of aryl methyl sites for hydroxylation is 2. The van der Waals surface area contributed by atoms with Crippen molar-refractivity contribution < 1.29 is 23.5 Å². The Hall–Kier alpha value is -3.09. The summed E-state index contributed by atoms with van der Waals surface area (Å²) in [6.45, 7) is 1.24. The standard InChI is InChI=1S/C19H18F2N2O3/c1-12-5-2-3-7-14(12)19(26)23-16(22-11-17(24)25)10-9-13-6-4-8-15(20)18(13)21/h2-8H,9-11H2,1H3,(H,24,25)(H,22,23,26). The number of halogens is 2. The molecule has 0 aliphatic carbocycles. The molecule has 26 heavy (non-hydrogen) atoms. The van der Waals surface area contributed by atoms with Gasteiger partial charge < -0.3 is 10.4 Å². The highest BCUT2D eigenvalue weighted by atomic mass is 19.2. The van der Waals surface area contributed by atoms with Gasteiger partial charge in [-0.3, -0.25) is 14.6 Å². The number of hydrogen-bond donors (Lipinski definition) is 2. The molecule has 0 atom stereocenters. The Balaban J connectivity index is 2.14. The third-order valence-electron chi connectivity index (χ3n) is 3.72. The van der Waals surface area contributed by atoms with Gasteiger partial charge >= 0.3 is 5.97 Å². The maximum atomic E-state index is 13.8. The average Bonchev–Trinajstić information content (AvgIpc) is 2.60. The molecule has 0 radical (unpaired) electrons. The number of hydrogen-bond acceptors (Lipinski definition) is 3. The Labute approximate surface area is 149 Å². The number of carbonyl (C=O) groups excluding carboxylic acids is 1. The van der Waals surface area contributed by atoms with Crippen LogP contribution in [0.2, 0.25) is 0 Å². The summed E-state index contributed by atoms with van der Waals surface area (Å²) < 4.78 is 27.0. The largest absolute Gasteiger partial charge is 0.480 e. The Bertz CT molecular complexity index is 850. The van der Waals surface area contributed by atoms with Crippen molar-refractivity contribution >= 4 is 17.7 Å². The Morgan fingerprint density at radius 2 is 1.85 bits per heavy atom. The van der Waals surface area contributed by atoms with Crippen molar-refractivity contribution in [3.05, 3.63) is 70.8 Å². The van der Waals surface area contributed by atoms with Crippen LogP contribution in [0.4, 0.5) is 8.78 Å². The van der Waals surface area contributed by atoms with E-state index in [1.165, 1.54) is 12.1 Å². The highest BCUT2D eigenvalue weighted by Gasteiger charge is 2.13. The molecule has 0 bridgehead atoms. The van der Waals surface area contributed by atoms with Gasteiger partial charge in [-0.2, -0.15) is 0 Å². The molecule has 0 unspecified atom stereocenters. The molecule has 1 amide bonds. The number of carbonyl (C=O) groups is 2. The maximum absolute atomic E-state index is 13.8. The van der Waals surface area contributed by atoms with Crippen LogP contribution < -0.4 is 5.32 Å². The van der Waals surface area contributed by atoms with Gasteiger partial charge in [0.2, 0.25) is 0 Å². The van der Waals surface area contributed by atoms with Crippen molar-refractivity contribution in [3.8, 4) is 0 Å². The van der Waals surface area contributed by atoms with Crippen LogP contribution in [-0.4, -0.2) is 29.4 Å². The van der Waals surface area contributed by atoms with E-state index in [4.69, 9.17) is 5.11 Å². The number of carboxylic acid groups (broad SMARTS) is 1. The molecule has 136 valence electrons. The van der Waals surface area contributed by atoms with Crippen LogP contribution in [0.5, 0.6) is 0 Å². The zero-order chi connectivity index (χ0) is 19.1. The molecule has 0 aliphatic heterocycles. The number of aliphatic imine (C=N–C) groups is 1. The SMILES string of the molecule is Cc1ccccc1C(=O)NC(CCc1cccc(F)c1F)=NCC(=O)O.